The number of morpholine rings is 1. The number of halogens is 2. The first-order chi connectivity index (χ1) is 57.3. The number of fused-ring (bicyclic) bond motifs is 3. The van der Waals surface area contributed by atoms with Crippen molar-refractivity contribution in [3.05, 3.63) is 75.9 Å². The van der Waals surface area contributed by atoms with E-state index in [-0.39, 0.29) is 109 Å². The van der Waals surface area contributed by atoms with Crippen molar-refractivity contribution in [2.75, 3.05) is 130 Å². The summed E-state index contributed by atoms with van der Waals surface area (Å²) in [7, 11) is 1.49. The van der Waals surface area contributed by atoms with Crippen molar-refractivity contribution < 1.29 is 116 Å². The largest absolute Gasteiger partial charge is 0.496 e. The third-order valence-electron chi connectivity index (χ3n) is 19.6. The van der Waals surface area contributed by atoms with E-state index >= 15 is 0 Å². The number of aliphatic carboxylic acids is 3. The number of carboxylic acid groups (broad SMARTS) is 3. The molecule has 45 heteroatoms. The van der Waals surface area contributed by atoms with Crippen molar-refractivity contribution in [3.63, 3.8) is 0 Å². The molecule has 43 nitrogen and oxygen atoms in total. The van der Waals surface area contributed by atoms with Crippen LogP contribution in [-0.4, -0.2) is 328 Å². The topological polar surface area (TPSA) is 622 Å². The number of carboxylic acids is 3. The van der Waals surface area contributed by atoms with Crippen LogP contribution in [0.3, 0.4) is 0 Å². The van der Waals surface area contributed by atoms with Gasteiger partial charge in [0, 0.05) is 117 Å². The van der Waals surface area contributed by atoms with E-state index < -0.39 is 189 Å². The maximum atomic E-state index is 14.5. The molecule has 0 radical (unpaired) electrons. The van der Waals surface area contributed by atoms with Crippen molar-refractivity contribution in [2.24, 2.45) is 17.2 Å². The molecule has 4 heterocycles. The molecule has 121 heavy (non-hydrogen) atoms. The summed E-state index contributed by atoms with van der Waals surface area (Å²) in [6, 6.07) is 3.08. The zero-order valence-electron chi connectivity index (χ0n) is 67.2. The number of carbonyl (C=O) groups excluding carboxylic acids is 13. The average molecular weight is 1740 g/mol. The van der Waals surface area contributed by atoms with E-state index in [0.29, 0.717) is 80.6 Å². The van der Waals surface area contributed by atoms with Crippen molar-refractivity contribution in [1.82, 2.24) is 76.8 Å². The Morgan fingerprint density at radius 2 is 1.06 bits per heavy atom. The lowest BCUT2D eigenvalue weighted by molar-refractivity contribution is -0.140. The van der Waals surface area contributed by atoms with Gasteiger partial charge in [-0.15, -0.1) is 0 Å². The number of anilines is 1. The molecule has 660 valence electrons. The van der Waals surface area contributed by atoms with Crippen molar-refractivity contribution in [2.45, 2.75) is 127 Å². The first kappa shape index (κ1) is 96.4. The number of aliphatic hydroxyl groups excluding tert-OH is 2. The summed E-state index contributed by atoms with van der Waals surface area (Å²) in [4.78, 5) is 216. The molecule has 0 aliphatic carbocycles. The van der Waals surface area contributed by atoms with E-state index in [9.17, 15) is 102 Å². The van der Waals surface area contributed by atoms with Crippen LogP contribution in [0.5, 0.6) is 11.5 Å². The smallest absolute Gasteiger partial charge is 0.317 e. The Balaban J connectivity index is 0.918. The van der Waals surface area contributed by atoms with Crippen LogP contribution in [0.1, 0.15) is 88.7 Å². The lowest BCUT2D eigenvalue weighted by atomic mass is 9.95. The standard InChI is InChI=1S/C76H103Cl2N19O24/c1-41(68(81)111)84-70(113)51(11-6-7-14-82-60(102)12-13-61(103)85-46-10-8-9-43(25-46)48-29-49-57(32-56(48)119-5)121-39-50-66(75(118)96-23-24-120-40-76(96,3)4)91-97(67(49)50)47-27-44(77)26-45(78)28-47)86-73(116)54(37-98)89-72(115)53(31-59(80)101)88-74(117)55(38-99)90-71(114)52(30-58(79)100)87-69(112)42(2)83-62(104)33-92-15-17-93(34-63(105)106)19-21-95(36-65(109)110)22-20-94(18-16-92)35-64(107)108/h8-10,25-29,32,41-42,51-55,98-99H,6-7,11-24,30-31,33-40H2,1-5H3,(H2,79,100)(H2,80,101)(H2,81,111)(H,82,102)(H,83,104)(H,84,113)(H,85,103)(H,86,116)(H,87,112)(H,88,117)(H,89,115)(H,90,114)(H,105,106)(H,107,108)(H,109,110)/t41-,42-,51-,52-,53-,54-,55-/m1/s1. The van der Waals surface area contributed by atoms with Crippen LogP contribution in [0.25, 0.3) is 28.1 Å². The quantitative estimate of drug-likeness (QED) is 0.0187. The summed E-state index contributed by atoms with van der Waals surface area (Å²) in [6.07, 6.45) is -2.45. The number of rotatable bonds is 41. The van der Waals surface area contributed by atoms with Crippen molar-refractivity contribution >= 4 is 124 Å². The molecule has 2 fully saturated rings. The Hall–Kier alpha value is -11.7. The minimum atomic E-state index is -2.05. The molecule has 2 saturated heterocycles. The first-order valence-electron chi connectivity index (χ1n) is 38.5. The number of hydrogen-bond acceptors (Lipinski definition) is 26. The van der Waals surface area contributed by atoms with Crippen LogP contribution >= 0.6 is 23.2 Å². The summed E-state index contributed by atoms with van der Waals surface area (Å²) < 4.78 is 19.5. The van der Waals surface area contributed by atoms with Gasteiger partial charge in [0.2, 0.25) is 70.9 Å². The highest BCUT2D eigenvalue weighted by Gasteiger charge is 2.41. The zero-order chi connectivity index (χ0) is 89.1. The molecule has 7 rings (SSSR count). The van der Waals surface area contributed by atoms with Crippen LogP contribution in [0.15, 0.2) is 54.6 Å². The molecular weight excluding hydrogens is 1630 g/mol. The molecule has 3 aliphatic rings. The molecule has 3 aliphatic heterocycles. The number of ether oxygens (including phenoxy) is 3. The number of unbranched alkanes of at least 4 members (excludes halogenated alkanes) is 1. The Morgan fingerprint density at radius 1 is 0.562 bits per heavy atom. The van der Waals surface area contributed by atoms with Crippen molar-refractivity contribution in [1.29, 1.82) is 0 Å². The molecule has 4 aromatic rings. The second-order valence-electron chi connectivity index (χ2n) is 29.6. The number of methoxy groups -OCH3 is 1. The average Bonchev–Trinajstić information content (AvgIpc) is 1.59. The molecule has 0 saturated carbocycles. The molecule has 13 amide bonds. The number of primary amides is 3. The van der Waals surface area contributed by atoms with E-state index in [0.717, 1.165) is 0 Å². The number of benzene rings is 3. The van der Waals surface area contributed by atoms with E-state index in [4.69, 9.17) is 59.7 Å². The number of aliphatic hydroxyl groups is 2. The Kier molecular flexibility index (Phi) is 36.4. The number of nitrogens with one attached hydrogen (secondary N) is 9. The van der Waals surface area contributed by atoms with Crippen LogP contribution in [0.4, 0.5) is 5.69 Å². The van der Waals surface area contributed by atoms with Gasteiger partial charge in [-0.2, -0.15) is 5.10 Å². The fraction of sp³-hybridized carbons (Fsp3) is 0.513. The molecule has 20 N–H and O–H groups in total. The number of nitrogens with zero attached hydrogens (tertiary/aromatic N) is 7. The molecule has 0 unspecified atom stereocenters. The highest BCUT2D eigenvalue weighted by atomic mass is 35.5. The van der Waals surface area contributed by atoms with E-state index in [2.05, 4.69) is 47.9 Å². The number of carbonyl (C=O) groups is 16. The van der Waals surface area contributed by atoms with Gasteiger partial charge in [0.25, 0.3) is 5.91 Å². The first-order valence-corrected chi connectivity index (χ1v) is 39.3. The van der Waals surface area contributed by atoms with Gasteiger partial charge in [-0.1, -0.05) is 35.3 Å². The summed E-state index contributed by atoms with van der Waals surface area (Å²) in [5, 5.41) is 76.1. The van der Waals surface area contributed by atoms with Gasteiger partial charge < -0.3 is 110 Å². The molecule has 1 aromatic heterocycles. The number of aromatic nitrogens is 2. The molecule has 0 spiro atoms. The summed E-state index contributed by atoms with van der Waals surface area (Å²) in [6.45, 7) is 3.63. The highest BCUT2D eigenvalue weighted by Crippen LogP contribution is 2.47. The maximum absolute atomic E-state index is 14.5. The third kappa shape index (κ3) is 29.3. The third-order valence-corrected chi connectivity index (χ3v) is 20.1. The van der Waals surface area contributed by atoms with Gasteiger partial charge in [0.1, 0.15) is 60.4 Å². The summed E-state index contributed by atoms with van der Waals surface area (Å²) in [5.74, 6) is -15.6. The molecule has 0 bridgehead atoms. The second kappa shape index (κ2) is 45.6. The van der Waals surface area contributed by atoms with Crippen molar-refractivity contribution in [3.8, 4) is 39.6 Å². The second-order valence-corrected chi connectivity index (χ2v) is 30.4. The molecule has 7 atom stereocenters. The zero-order valence-corrected chi connectivity index (χ0v) is 68.7. The van der Waals surface area contributed by atoms with Crippen LogP contribution < -0.4 is 74.5 Å². The Morgan fingerprint density at radius 3 is 1.56 bits per heavy atom. The normalized spacial score (nSPS) is 16.3. The van der Waals surface area contributed by atoms with E-state index in [1.165, 1.54) is 35.7 Å². The lowest BCUT2D eigenvalue weighted by Gasteiger charge is -2.41. The monoisotopic (exact) mass is 1740 g/mol. The van der Waals surface area contributed by atoms with Crippen LogP contribution in [0.2, 0.25) is 10.0 Å². The minimum Gasteiger partial charge on any atom is -0.496 e. The van der Waals surface area contributed by atoms with E-state index in [1.807, 2.05) is 19.9 Å². The van der Waals surface area contributed by atoms with Gasteiger partial charge in [0.05, 0.1) is 89.5 Å². The van der Waals surface area contributed by atoms with E-state index in [1.54, 1.807) is 63.0 Å². The highest BCUT2D eigenvalue weighted by molar-refractivity contribution is 6.35. The predicted octanol–water partition coefficient (Wildman–Crippen LogP) is -4.20. The fourth-order valence-electron chi connectivity index (χ4n) is 13.3. The SMILES string of the molecule is COc1cc2c(cc1-c1cccc(NC(=O)CCC(=O)NCCCC[C@@H](NC(=O)[C@@H](CO)NC(=O)[C@@H](CC(N)=O)NC(=O)[C@@H](CO)NC(=O)[C@@H](CC(N)=O)NC(=O)[C@@H](C)NC(=O)CN3CCN(CC(=O)O)CCN(CC(=O)O)CCN(CC(=O)O)CC3)C(=O)N[C@H](C)C(N)=O)c1)-c1c(c(C(=O)N3CCOCC3(C)C)nn1-c1cc(Cl)cc(Cl)c1)CO2. The Labute approximate surface area is 704 Å². The lowest BCUT2D eigenvalue weighted by Crippen LogP contribution is -2.61. The van der Waals surface area contributed by atoms with Crippen LogP contribution in [-0.2, 0) is 83.3 Å². The fourth-order valence-corrected chi connectivity index (χ4v) is 13.8. The summed E-state index contributed by atoms with van der Waals surface area (Å²) >= 11 is 13.1. The van der Waals surface area contributed by atoms with Gasteiger partial charge in [0.15, 0.2) is 5.69 Å². The summed E-state index contributed by atoms with van der Waals surface area (Å²) in [5.41, 5.74) is 19.3. The minimum absolute atomic E-state index is 0.00429. The number of amides is 13. The molecular formula is C76H103Cl2N19O24. The van der Waals surface area contributed by atoms with Gasteiger partial charge in [-0.05, 0) is 88.9 Å². The van der Waals surface area contributed by atoms with Gasteiger partial charge in [-0.3, -0.25) is 96.3 Å². The number of hydrogen-bond donors (Lipinski definition) is 17. The predicted molar refractivity (Wildman–Crippen MR) is 431 cm³/mol. The molecule has 3 aromatic carbocycles. The maximum Gasteiger partial charge on any atom is 0.317 e. The van der Waals surface area contributed by atoms with Gasteiger partial charge in [-0.25, -0.2) is 4.68 Å². The Bertz CT molecular complexity index is 4440. The number of nitrogens with two attached hydrogens (primary N) is 3. The van der Waals surface area contributed by atoms with Crippen LogP contribution in [0, 0.1) is 0 Å². The van der Waals surface area contributed by atoms with Gasteiger partial charge >= 0.3 is 17.9 Å².